The minimum atomic E-state index is 0.0550. The fourth-order valence-corrected chi connectivity index (χ4v) is 4.15. The first-order chi connectivity index (χ1) is 11.2. The largest absolute Gasteiger partial charge is 0.497 e. The Hall–Kier alpha value is -1.65. The van der Waals surface area contributed by atoms with Gasteiger partial charge in [0.1, 0.15) is 11.1 Å². The third-order valence-electron chi connectivity index (χ3n) is 3.86. The van der Waals surface area contributed by atoms with Gasteiger partial charge >= 0.3 is 0 Å². The van der Waals surface area contributed by atoms with Crippen LogP contribution in [0.2, 0.25) is 5.02 Å². The van der Waals surface area contributed by atoms with Gasteiger partial charge in [-0.2, -0.15) is 0 Å². The van der Waals surface area contributed by atoms with Crippen LogP contribution in [0.5, 0.6) is 5.75 Å². The van der Waals surface area contributed by atoms with Crippen molar-refractivity contribution in [3.05, 3.63) is 64.7 Å². The van der Waals surface area contributed by atoms with E-state index in [2.05, 4.69) is 0 Å². The molecule has 3 rings (SSSR count). The highest BCUT2D eigenvalue weighted by Gasteiger charge is 2.30. The van der Waals surface area contributed by atoms with Crippen molar-refractivity contribution in [2.45, 2.75) is 11.8 Å². The SMILES string of the molecule is COc1ccc(CC(=O)N2CCSC2c2cccc(Cl)c2)cc1. The quantitative estimate of drug-likeness (QED) is 0.831. The fourth-order valence-electron chi connectivity index (χ4n) is 2.68. The summed E-state index contributed by atoms with van der Waals surface area (Å²) in [5, 5.41) is 0.761. The first-order valence-electron chi connectivity index (χ1n) is 7.47. The zero-order valence-electron chi connectivity index (χ0n) is 12.9. The number of thioether (sulfide) groups is 1. The van der Waals surface area contributed by atoms with Gasteiger partial charge in [0.05, 0.1) is 13.5 Å². The predicted molar refractivity (Wildman–Crippen MR) is 95.1 cm³/mol. The molecule has 2 aromatic rings. The van der Waals surface area contributed by atoms with E-state index in [1.807, 2.05) is 53.4 Å². The van der Waals surface area contributed by atoms with Crippen LogP contribution in [0.25, 0.3) is 0 Å². The van der Waals surface area contributed by atoms with Gasteiger partial charge in [0, 0.05) is 17.3 Å². The Morgan fingerprint density at radius 1 is 1.30 bits per heavy atom. The molecule has 23 heavy (non-hydrogen) atoms. The van der Waals surface area contributed by atoms with Crippen molar-refractivity contribution in [2.75, 3.05) is 19.4 Å². The molecule has 0 aromatic heterocycles. The molecule has 120 valence electrons. The summed E-state index contributed by atoms with van der Waals surface area (Å²) in [4.78, 5) is 14.6. The van der Waals surface area contributed by atoms with Crippen molar-refractivity contribution in [3.63, 3.8) is 0 Å². The zero-order chi connectivity index (χ0) is 16.2. The van der Waals surface area contributed by atoms with Gasteiger partial charge < -0.3 is 9.64 Å². The van der Waals surface area contributed by atoms with E-state index in [1.165, 1.54) is 0 Å². The molecule has 0 bridgehead atoms. The summed E-state index contributed by atoms with van der Waals surface area (Å²) < 4.78 is 5.15. The number of hydrogen-bond acceptors (Lipinski definition) is 3. The molecular weight excluding hydrogens is 330 g/mol. The number of hydrogen-bond donors (Lipinski definition) is 0. The number of carbonyl (C=O) groups excluding carboxylic acids is 1. The van der Waals surface area contributed by atoms with Crippen LogP contribution in [-0.2, 0) is 11.2 Å². The van der Waals surface area contributed by atoms with E-state index in [0.717, 1.165) is 29.2 Å². The second kappa shape index (κ2) is 7.28. The molecule has 1 aliphatic heterocycles. The molecule has 1 saturated heterocycles. The van der Waals surface area contributed by atoms with E-state index in [4.69, 9.17) is 16.3 Å². The van der Waals surface area contributed by atoms with Gasteiger partial charge in [-0.1, -0.05) is 35.9 Å². The van der Waals surface area contributed by atoms with Gasteiger partial charge in [0.25, 0.3) is 0 Å². The molecule has 1 atom stereocenters. The molecule has 1 heterocycles. The van der Waals surface area contributed by atoms with Gasteiger partial charge in [0.2, 0.25) is 5.91 Å². The van der Waals surface area contributed by atoms with Crippen molar-refractivity contribution in [2.24, 2.45) is 0 Å². The third-order valence-corrected chi connectivity index (χ3v) is 5.36. The lowest BCUT2D eigenvalue weighted by atomic mass is 10.1. The molecular formula is C18H18ClNO2S. The number of benzene rings is 2. The molecule has 0 spiro atoms. The number of ether oxygens (including phenoxy) is 1. The van der Waals surface area contributed by atoms with E-state index < -0.39 is 0 Å². The van der Waals surface area contributed by atoms with Gasteiger partial charge in [-0.15, -0.1) is 11.8 Å². The van der Waals surface area contributed by atoms with Crippen molar-refractivity contribution >= 4 is 29.3 Å². The van der Waals surface area contributed by atoms with Crippen molar-refractivity contribution in [1.29, 1.82) is 0 Å². The van der Waals surface area contributed by atoms with Crippen LogP contribution in [0, 0.1) is 0 Å². The number of rotatable bonds is 4. The van der Waals surface area contributed by atoms with Crippen LogP contribution < -0.4 is 4.74 Å². The van der Waals surface area contributed by atoms with E-state index in [0.29, 0.717) is 11.4 Å². The zero-order valence-corrected chi connectivity index (χ0v) is 14.4. The Balaban J connectivity index is 1.72. The standard InChI is InChI=1S/C18H18ClNO2S/c1-22-16-7-5-13(6-8-16)11-17(21)20-9-10-23-18(20)14-3-2-4-15(19)12-14/h2-8,12,18H,9-11H2,1H3. The molecule has 1 unspecified atom stereocenters. The molecule has 0 radical (unpaired) electrons. The van der Waals surface area contributed by atoms with Crippen LogP contribution in [0.3, 0.4) is 0 Å². The number of amides is 1. The molecule has 1 fully saturated rings. The molecule has 0 N–H and O–H groups in total. The van der Waals surface area contributed by atoms with Gasteiger partial charge in [-0.3, -0.25) is 4.79 Å². The second-order valence-corrected chi connectivity index (χ2v) is 7.01. The van der Waals surface area contributed by atoms with Crippen LogP contribution in [0.4, 0.5) is 0 Å². The number of carbonyl (C=O) groups is 1. The lowest BCUT2D eigenvalue weighted by Gasteiger charge is -2.24. The van der Waals surface area contributed by atoms with Gasteiger partial charge in [-0.05, 0) is 35.4 Å². The van der Waals surface area contributed by atoms with E-state index in [-0.39, 0.29) is 11.3 Å². The average Bonchev–Trinajstić information content (AvgIpc) is 3.05. The van der Waals surface area contributed by atoms with Crippen LogP contribution in [0.15, 0.2) is 48.5 Å². The molecule has 0 aliphatic carbocycles. The Morgan fingerprint density at radius 2 is 2.09 bits per heavy atom. The topological polar surface area (TPSA) is 29.5 Å². The van der Waals surface area contributed by atoms with Crippen LogP contribution in [0.1, 0.15) is 16.5 Å². The maximum Gasteiger partial charge on any atom is 0.228 e. The first kappa shape index (κ1) is 16.2. The van der Waals surface area contributed by atoms with E-state index >= 15 is 0 Å². The maximum atomic E-state index is 12.7. The van der Waals surface area contributed by atoms with Crippen LogP contribution in [-0.4, -0.2) is 30.2 Å². The van der Waals surface area contributed by atoms with Crippen molar-refractivity contribution in [3.8, 4) is 5.75 Å². The Bertz CT molecular complexity index is 690. The summed E-state index contributed by atoms with van der Waals surface area (Å²) >= 11 is 7.87. The first-order valence-corrected chi connectivity index (χ1v) is 8.89. The normalized spacial score (nSPS) is 17.3. The van der Waals surface area contributed by atoms with Crippen LogP contribution >= 0.6 is 23.4 Å². The van der Waals surface area contributed by atoms with E-state index in [1.54, 1.807) is 18.9 Å². The predicted octanol–water partition coefficient (Wildman–Crippen LogP) is 4.17. The maximum absolute atomic E-state index is 12.7. The van der Waals surface area contributed by atoms with Crippen molar-refractivity contribution < 1.29 is 9.53 Å². The summed E-state index contributed by atoms with van der Waals surface area (Å²) in [5.74, 6) is 1.89. The lowest BCUT2D eigenvalue weighted by molar-refractivity contribution is -0.130. The fraction of sp³-hybridized carbons (Fsp3) is 0.278. The summed E-state index contributed by atoms with van der Waals surface area (Å²) in [7, 11) is 1.64. The number of halogens is 1. The molecule has 0 saturated carbocycles. The third kappa shape index (κ3) is 3.82. The Labute approximate surface area is 145 Å². The minimum absolute atomic E-state index is 0.0550. The molecule has 5 heteroatoms. The Kier molecular flexibility index (Phi) is 5.13. The molecule has 2 aromatic carbocycles. The van der Waals surface area contributed by atoms with Crippen molar-refractivity contribution in [1.82, 2.24) is 4.90 Å². The van der Waals surface area contributed by atoms with Gasteiger partial charge in [0.15, 0.2) is 0 Å². The minimum Gasteiger partial charge on any atom is -0.497 e. The summed E-state index contributed by atoms with van der Waals surface area (Å²) in [6, 6.07) is 15.4. The highest BCUT2D eigenvalue weighted by molar-refractivity contribution is 7.99. The molecule has 1 amide bonds. The lowest BCUT2D eigenvalue weighted by Crippen LogP contribution is -2.31. The monoisotopic (exact) mass is 347 g/mol. The highest BCUT2D eigenvalue weighted by Crippen LogP contribution is 2.38. The smallest absolute Gasteiger partial charge is 0.228 e. The highest BCUT2D eigenvalue weighted by atomic mass is 35.5. The van der Waals surface area contributed by atoms with E-state index in [9.17, 15) is 4.79 Å². The number of nitrogens with zero attached hydrogens (tertiary/aromatic N) is 1. The molecule has 3 nitrogen and oxygen atoms in total. The molecule has 1 aliphatic rings. The second-order valence-electron chi connectivity index (χ2n) is 5.39. The summed E-state index contributed by atoms with van der Waals surface area (Å²) in [6.45, 7) is 0.775. The van der Waals surface area contributed by atoms with Gasteiger partial charge in [-0.25, -0.2) is 0 Å². The summed E-state index contributed by atoms with van der Waals surface area (Å²) in [5.41, 5.74) is 2.08. The number of methoxy groups -OCH3 is 1. The Morgan fingerprint density at radius 3 is 2.78 bits per heavy atom. The summed E-state index contributed by atoms with van der Waals surface area (Å²) in [6.07, 6.45) is 0.404. The average molecular weight is 348 g/mol.